The molecule has 7 heteroatoms. The minimum atomic E-state index is 0. The zero-order valence-corrected chi connectivity index (χ0v) is 13.6. The second kappa shape index (κ2) is 9.23. The highest BCUT2D eigenvalue weighted by Crippen LogP contribution is 2.17. The third-order valence-electron chi connectivity index (χ3n) is 4.01. The van der Waals surface area contributed by atoms with Crippen molar-refractivity contribution in [2.75, 3.05) is 46.3 Å². The topological polar surface area (TPSA) is 64.7 Å². The first-order valence-corrected chi connectivity index (χ1v) is 7.61. The molecule has 1 saturated carbocycles. The van der Waals surface area contributed by atoms with Gasteiger partial charge in [0, 0.05) is 32.2 Å². The first-order valence-electron chi connectivity index (χ1n) is 7.61. The fourth-order valence-corrected chi connectivity index (χ4v) is 2.89. The van der Waals surface area contributed by atoms with Crippen molar-refractivity contribution >= 4 is 24.2 Å². The molecule has 0 unspecified atom stereocenters. The third-order valence-corrected chi connectivity index (χ3v) is 4.01. The van der Waals surface area contributed by atoms with E-state index in [0.29, 0.717) is 19.1 Å². The molecule has 6 nitrogen and oxygen atoms in total. The van der Waals surface area contributed by atoms with Crippen LogP contribution in [0.15, 0.2) is 0 Å². The molecule has 2 N–H and O–H groups in total. The molecule has 2 rings (SSSR count). The highest BCUT2D eigenvalue weighted by molar-refractivity contribution is 5.85. The molecule has 0 spiro atoms. The second-order valence-electron chi connectivity index (χ2n) is 5.85. The van der Waals surface area contributed by atoms with Gasteiger partial charge in [-0.15, -0.1) is 12.4 Å². The summed E-state index contributed by atoms with van der Waals surface area (Å²) in [7, 11) is 1.83. The standard InChI is InChI=1S/C14H26N4O2.ClH/c1-17(10-13(19)16-12-4-2-3-5-12)11-14(20)18-8-6-15-7-9-18;/h12,15H,2-11H2,1H3,(H,16,19);1H. The Balaban J connectivity index is 0.00000220. The molecular formula is C14H27ClN4O2. The maximum Gasteiger partial charge on any atom is 0.236 e. The first kappa shape index (κ1) is 18.2. The fraction of sp³-hybridized carbons (Fsp3) is 0.857. The number of amides is 2. The van der Waals surface area contributed by atoms with E-state index in [-0.39, 0.29) is 24.2 Å². The van der Waals surface area contributed by atoms with Crippen molar-refractivity contribution in [2.24, 2.45) is 0 Å². The van der Waals surface area contributed by atoms with E-state index in [1.165, 1.54) is 12.8 Å². The molecule has 0 aromatic rings. The number of hydrogen-bond donors (Lipinski definition) is 2. The monoisotopic (exact) mass is 318 g/mol. The zero-order valence-electron chi connectivity index (χ0n) is 12.8. The summed E-state index contributed by atoms with van der Waals surface area (Å²) in [4.78, 5) is 27.6. The number of rotatable bonds is 5. The maximum absolute atomic E-state index is 12.1. The number of nitrogens with zero attached hydrogens (tertiary/aromatic N) is 2. The quantitative estimate of drug-likeness (QED) is 0.739. The number of halogens is 1. The van der Waals surface area contributed by atoms with Crippen LogP contribution in [-0.2, 0) is 9.59 Å². The Kier molecular flexibility index (Phi) is 8.00. The Morgan fingerprint density at radius 3 is 2.43 bits per heavy atom. The van der Waals surface area contributed by atoms with Crippen molar-refractivity contribution < 1.29 is 9.59 Å². The average molecular weight is 319 g/mol. The van der Waals surface area contributed by atoms with Gasteiger partial charge in [-0.1, -0.05) is 12.8 Å². The van der Waals surface area contributed by atoms with Gasteiger partial charge in [0.15, 0.2) is 0 Å². The highest BCUT2D eigenvalue weighted by atomic mass is 35.5. The van der Waals surface area contributed by atoms with Gasteiger partial charge in [0.1, 0.15) is 0 Å². The number of carbonyl (C=O) groups excluding carboxylic acids is 2. The molecule has 1 aliphatic heterocycles. The summed E-state index contributed by atoms with van der Waals surface area (Å²) in [5, 5.41) is 6.27. The van der Waals surface area contributed by atoms with Crippen LogP contribution in [-0.4, -0.2) is 74.0 Å². The molecular weight excluding hydrogens is 292 g/mol. The number of nitrogens with one attached hydrogen (secondary N) is 2. The van der Waals surface area contributed by atoms with E-state index in [9.17, 15) is 9.59 Å². The van der Waals surface area contributed by atoms with E-state index >= 15 is 0 Å². The predicted molar refractivity (Wildman–Crippen MR) is 84.6 cm³/mol. The molecule has 1 saturated heterocycles. The van der Waals surface area contributed by atoms with E-state index in [1.807, 2.05) is 11.9 Å². The summed E-state index contributed by atoms with van der Waals surface area (Å²) in [5.74, 6) is 0.148. The minimum absolute atomic E-state index is 0. The number of likely N-dealkylation sites (N-methyl/N-ethyl adjacent to an activating group) is 1. The van der Waals surface area contributed by atoms with Crippen LogP contribution in [0, 0.1) is 0 Å². The van der Waals surface area contributed by atoms with E-state index in [4.69, 9.17) is 0 Å². The van der Waals surface area contributed by atoms with Crippen molar-refractivity contribution in [1.82, 2.24) is 20.4 Å². The summed E-state index contributed by atoms with van der Waals surface area (Å²) in [6.07, 6.45) is 4.61. The predicted octanol–water partition coefficient (Wildman–Crippen LogP) is -0.169. The summed E-state index contributed by atoms with van der Waals surface area (Å²) >= 11 is 0. The van der Waals surface area contributed by atoms with Gasteiger partial charge in [0.05, 0.1) is 13.1 Å². The van der Waals surface area contributed by atoms with Gasteiger partial charge in [-0.05, 0) is 19.9 Å². The molecule has 2 aliphatic rings. The first-order chi connectivity index (χ1) is 9.65. The molecule has 21 heavy (non-hydrogen) atoms. The van der Waals surface area contributed by atoms with Gasteiger partial charge in [0.2, 0.25) is 11.8 Å². The molecule has 1 heterocycles. The van der Waals surface area contributed by atoms with Crippen molar-refractivity contribution in [1.29, 1.82) is 0 Å². The zero-order chi connectivity index (χ0) is 14.4. The van der Waals surface area contributed by atoms with Crippen LogP contribution in [0.5, 0.6) is 0 Å². The van der Waals surface area contributed by atoms with Gasteiger partial charge in [-0.3, -0.25) is 14.5 Å². The van der Waals surface area contributed by atoms with Crippen molar-refractivity contribution in [3.63, 3.8) is 0 Å². The lowest BCUT2D eigenvalue weighted by atomic mass is 10.2. The SMILES string of the molecule is CN(CC(=O)NC1CCCC1)CC(=O)N1CCNCC1.Cl. The van der Waals surface area contributed by atoms with Crippen molar-refractivity contribution in [3.8, 4) is 0 Å². The van der Waals surface area contributed by atoms with Gasteiger partial charge < -0.3 is 15.5 Å². The van der Waals surface area contributed by atoms with E-state index in [0.717, 1.165) is 39.0 Å². The summed E-state index contributed by atoms with van der Waals surface area (Å²) in [5.41, 5.74) is 0. The molecule has 122 valence electrons. The normalized spacial score (nSPS) is 19.4. The van der Waals surface area contributed by atoms with Crippen LogP contribution in [0.4, 0.5) is 0 Å². The van der Waals surface area contributed by atoms with Crippen LogP contribution in [0.2, 0.25) is 0 Å². The van der Waals surface area contributed by atoms with Crippen molar-refractivity contribution in [2.45, 2.75) is 31.7 Å². The van der Waals surface area contributed by atoms with E-state index in [2.05, 4.69) is 10.6 Å². The largest absolute Gasteiger partial charge is 0.352 e. The Morgan fingerprint density at radius 1 is 1.19 bits per heavy atom. The summed E-state index contributed by atoms with van der Waals surface area (Å²) < 4.78 is 0. The average Bonchev–Trinajstić information content (AvgIpc) is 2.92. The van der Waals surface area contributed by atoms with Crippen LogP contribution >= 0.6 is 12.4 Å². The second-order valence-corrected chi connectivity index (χ2v) is 5.85. The van der Waals surface area contributed by atoms with Crippen molar-refractivity contribution in [3.05, 3.63) is 0 Å². The molecule has 2 fully saturated rings. The molecule has 1 aliphatic carbocycles. The van der Waals surface area contributed by atoms with Crippen LogP contribution in [0.3, 0.4) is 0 Å². The van der Waals surface area contributed by atoms with Crippen LogP contribution < -0.4 is 10.6 Å². The molecule has 0 radical (unpaired) electrons. The fourth-order valence-electron chi connectivity index (χ4n) is 2.89. The highest BCUT2D eigenvalue weighted by Gasteiger charge is 2.20. The van der Waals surface area contributed by atoms with Gasteiger partial charge in [-0.2, -0.15) is 0 Å². The lowest BCUT2D eigenvalue weighted by Crippen LogP contribution is -2.50. The number of piperazine rings is 1. The third kappa shape index (κ3) is 6.20. The summed E-state index contributed by atoms with van der Waals surface area (Å²) in [6, 6.07) is 0.347. The Bertz CT molecular complexity index is 342. The number of carbonyl (C=O) groups is 2. The van der Waals surface area contributed by atoms with E-state index in [1.54, 1.807) is 4.90 Å². The molecule has 2 amide bonds. The summed E-state index contributed by atoms with van der Waals surface area (Å²) in [6.45, 7) is 3.86. The molecule has 0 aromatic carbocycles. The molecule has 0 bridgehead atoms. The molecule has 0 aromatic heterocycles. The maximum atomic E-state index is 12.1. The minimum Gasteiger partial charge on any atom is -0.352 e. The van der Waals surface area contributed by atoms with Crippen LogP contribution in [0.1, 0.15) is 25.7 Å². The van der Waals surface area contributed by atoms with Gasteiger partial charge in [0.25, 0.3) is 0 Å². The molecule has 0 atom stereocenters. The Hall–Kier alpha value is -0.850. The van der Waals surface area contributed by atoms with E-state index < -0.39 is 0 Å². The Labute approximate surface area is 133 Å². The Morgan fingerprint density at radius 2 is 1.81 bits per heavy atom. The lowest BCUT2D eigenvalue weighted by Gasteiger charge is -2.29. The smallest absolute Gasteiger partial charge is 0.236 e. The van der Waals surface area contributed by atoms with Gasteiger partial charge >= 0.3 is 0 Å². The van der Waals surface area contributed by atoms with Gasteiger partial charge in [-0.25, -0.2) is 0 Å². The lowest BCUT2D eigenvalue weighted by molar-refractivity contribution is -0.133. The van der Waals surface area contributed by atoms with Crippen LogP contribution in [0.25, 0.3) is 0 Å². The number of hydrogen-bond acceptors (Lipinski definition) is 4.